The molecule has 29 heavy (non-hydrogen) atoms. The molecule has 5 nitrogen and oxygen atoms in total. The van der Waals surface area contributed by atoms with E-state index in [1.807, 2.05) is 23.1 Å². The summed E-state index contributed by atoms with van der Waals surface area (Å²) in [5, 5.41) is 1.03. The maximum Gasteiger partial charge on any atom is 0.227 e. The Labute approximate surface area is 171 Å². The minimum atomic E-state index is 0.0190. The van der Waals surface area contributed by atoms with E-state index in [9.17, 15) is 4.79 Å². The highest BCUT2D eigenvalue weighted by molar-refractivity contribution is 5.89. The van der Waals surface area contributed by atoms with E-state index in [-0.39, 0.29) is 11.9 Å². The molecule has 0 spiro atoms. The van der Waals surface area contributed by atoms with Crippen LogP contribution in [0.2, 0.25) is 0 Å². The van der Waals surface area contributed by atoms with Gasteiger partial charge in [-0.3, -0.25) is 4.79 Å². The first-order valence-corrected chi connectivity index (χ1v) is 10.0. The average molecular weight is 393 g/mol. The number of furan rings is 1. The first kappa shape index (κ1) is 19.4. The van der Waals surface area contributed by atoms with Crippen LogP contribution in [-0.4, -0.2) is 31.6 Å². The largest absolute Gasteiger partial charge is 0.497 e. The number of amides is 1. The summed E-state index contributed by atoms with van der Waals surface area (Å²) in [6, 6.07) is 9.97. The number of hydrogen-bond donors (Lipinski definition) is 0. The second-order valence-electron chi connectivity index (χ2n) is 7.67. The van der Waals surface area contributed by atoms with Crippen LogP contribution < -0.4 is 9.47 Å². The number of nitrogens with zero attached hydrogens (tertiary/aromatic N) is 1. The molecule has 3 aromatic rings. The number of aryl methyl sites for hydroxylation is 2. The van der Waals surface area contributed by atoms with Crippen LogP contribution in [0.1, 0.15) is 41.1 Å². The van der Waals surface area contributed by atoms with Gasteiger partial charge in [0.15, 0.2) is 0 Å². The van der Waals surface area contributed by atoms with Crippen LogP contribution in [0.4, 0.5) is 0 Å². The maximum atomic E-state index is 13.2. The van der Waals surface area contributed by atoms with Gasteiger partial charge in [-0.2, -0.15) is 0 Å². The van der Waals surface area contributed by atoms with Crippen LogP contribution in [0.3, 0.4) is 0 Å². The number of carbonyl (C=O) groups is 1. The topological polar surface area (TPSA) is 51.9 Å². The van der Waals surface area contributed by atoms with Crippen LogP contribution in [0.15, 0.2) is 41.0 Å². The third-order valence-electron chi connectivity index (χ3n) is 6.06. The number of methoxy groups -OCH3 is 2. The molecule has 1 atom stereocenters. The molecule has 1 amide bonds. The molecule has 1 aromatic heterocycles. The van der Waals surface area contributed by atoms with E-state index in [0.717, 1.165) is 58.5 Å². The Morgan fingerprint density at radius 1 is 1.17 bits per heavy atom. The van der Waals surface area contributed by atoms with Crippen molar-refractivity contribution in [1.29, 1.82) is 0 Å². The first-order valence-electron chi connectivity index (χ1n) is 10.0. The van der Waals surface area contributed by atoms with E-state index in [0.29, 0.717) is 6.42 Å². The molecule has 1 saturated heterocycles. The molecule has 2 aromatic carbocycles. The van der Waals surface area contributed by atoms with Gasteiger partial charge < -0.3 is 18.8 Å². The molecule has 1 aliphatic rings. The number of benzene rings is 2. The molecular weight excluding hydrogens is 366 g/mol. The Kier molecular flexibility index (Phi) is 5.22. The lowest BCUT2D eigenvalue weighted by molar-refractivity contribution is -0.131. The van der Waals surface area contributed by atoms with Crippen molar-refractivity contribution in [1.82, 2.24) is 4.90 Å². The summed E-state index contributed by atoms with van der Waals surface area (Å²) in [5.41, 5.74) is 5.17. The van der Waals surface area contributed by atoms with E-state index >= 15 is 0 Å². The average Bonchev–Trinajstić information content (AvgIpc) is 3.38. The second-order valence-corrected chi connectivity index (χ2v) is 7.67. The van der Waals surface area contributed by atoms with E-state index in [1.54, 1.807) is 20.5 Å². The van der Waals surface area contributed by atoms with Crippen molar-refractivity contribution >= 4 is 16.9 Å². The highest BCUT2D eigenvalue weighted by Gasteiger charge is 2.32. The minimum absolute atomic E-state index is 0.0190. The van der Waals surface area contributed by atoms with Crippen molar-refractivity contribution in [2.75, 3.05) is 20.8 Å². The molecule has 0 saturated carbocycles. The zero-order chi connectivity index (χ0) is 20.5. The molecule has 0 aliphatic carbocycles. The molecule has 0 N–H and O–H groups in total. The molecule has 152 valence electrons. The molecule has 5 heteroatoms. The van der Waals surface area contributed by atoms with Crippen LogP contribution in [0.25, 0.3) is 11.0 Å². The number of ether oxygens (including phenoxy) is 2. The van der Waals surface area contributed by atoms with Gasteiger partial charge in [-0.05, 0) is 49.9 Å². The molecule has 4 rings (SSSR count). The fraction of sp³-hybridized carbons (Fsp3) is 0.375. The number of carbonyl (C=O) groups excluding carboxylic acids is 1. The lowest BCUT2D eigenvalue weighted by Crippen LogP contribution is -2.32. The molecule has 1 fully saturated rings. The number of likely N-dealkylation sites (tertiary alicyclic amines) is 1. The lowest BCUT2D eigenvalue weighted by Gasteiger charge is -2.26. The predicted octanol–water partition coefficient (Wildman–Crippen LogP) is 4.97. The Balaban J connectivity index is 1.60. The lowest BCUT2D eigenvalue weighted by atomic mass is 10.0. The molecule has 1 unspecified atom stereocenters. The zero-order valence-electron chi connectivity index (χ0n) is 17.5. The van der Waals surface area contributed by atoms with Crippen LogP contribution in [-0.2, 0) is 11.2 Å². The Morgan fingerprint density at radius 2 is 2.00 bits per heavy atom. The summed E-state index contributed by atoms with van der Waals surface area (Å²) in [5.74, 6) is 1.62. The smallest absolute Gasteiger partial charge is 0.227 e. The van der Waals surface area contributed by atoms with E-state index in [1.165, 1.54) is 5.56 Å². The van der Waals surface area contributed by atoms with Gasteiger partial charge >= 0.3 is 0 Å². The molecule has 0 bridgehead atoms. The quantitative estimate of drug-likeness (QED) is 0.614. The molecule has 0 radical (unpaired) electrons. The normalized spacial score (nSPS) is 16.4. The highest BCUT2D eigenvalue weighted by Crippen LogP contribution is 2.39. The van der Waals surface area contributed by atoms with Crippen molar-refractivity contribution in [3.05, 3.63) is 58.8 Å². The van der Waals surface area contributed by atoms with Crippen molar-refractivity contribution < 1.29 is 18.7 Å². The summed E-state index contributed by atoms with van der Waals surface area (Å²) in [4.78, 5) is 15.2. The van der Waals surface area contributed by atoms with Crippen molar-refractivity contribution in [3.63, 3.8) is 0 Å². The fourth-order valence-corrected chi connectivity index (χ4v) is 4.27. The zero-order valence-corrected chi connectivity index (χ0v) is 17.5. The van der Waals surface area contributed by atoms with Gasteiger partial charge in [0.05, 0.1) is 32.9 Å². The Morgan fingerprint density at radius 3 is 2.76 bits per heavy atom. The Hall–Kier alpha value is -2.95. The van der Waals surface area contributed by atoms with Crippen molar-refractivity contribution in [2.24, 2.45) is 0 Å². The van der Waals surface area contributed by atoms with Crippen LogP contribution in [0.5, 0.6) is 11.5 Å². The van der Waals surface area contributed by atoms with E-state index in [4.69, 9.17) is 13.9 Å². The van der Waals surface area contributed by atoms with Crippen molar-refractivity contribution in [3.8, 4) is 11.5 Å². The second kappa shape index (κ2) is 7.82. The minimum Gasteiger partial charge on any atom is -0.497 e. The monoisotopic (exact) mass is 393 g/mol. The third kappa shape index (κ3) is 3.46. The van der Waals surface area contributed by atoms with Gasteiger partial charge in [-0.15, -0.1) is 0 Å². The molecule has 2 heterocycles. The maximum absolute atomic E-state index is 13.2. The summed E-state index contributed by atoms with van der Waals surface area (Å²) in [6.45, 7) is 4.88. The number of hydrogen-bond acceptors (Lipinski definition) is 4. The summed E-state index contributed by atoms with van der Waals surface area (Å²) in [7, 11) is 3.29. The van der Waals surface area contributed by atoms with Gasteiger partial charge in [0.1, 0.15) is 17.1 Å². The SMILES string of the molecule is COc1ccc(C2CCCN2C(=O)Cc2coc3c(C)c(C)ccc23)c(OC)c1. The fourth-order valence-electron chi connectivity index (χ4n) is 4.27. The van der Waals surface area contributed by atoms with E-state index < -0.39 is 0 Å². The summed E-state index contributed by atoms with van der Waals surface area (Å²) < 4.78 is 16.7. The van der Waals surface area contributed by atoms with Gasteiger partial charge in [0.2, 0.25) is 5.91 Å². The summed E-state index contributed by atoms with van der Waals surface area (Å²) >= 11 is 0. The third-order valence-corrected chi connectivity index (χ3v) is 6.06. The predicted molar refractivity (Wildman–Crippen MR) is 113 cm³/mol. The first-order chi connectivity index (χ1) is 14.0. The number of fused-ring (bicyclic) bond motifs is 1. The van der Waals surface area contributed by atoms with Gasteiger partial charge in [-0.25, -0.2) is 0 Å². The van der Waals surface area contributed by atoms with Crippen LogP contribution >= 0.6 is 0 Å². The standard InChI is InChI=1S/C24H27NO4/c1-15-7-9-19-17(14-29-24(19)16(15)2)12-23(26)25-11-5-6-21(25)20-10-8-18(27-3)13-22(20)28-4/h7-10,13-14,21H,5-6,11-12H2,1-4H3. The van der Waals surface area contributed by atoms with Gasteiger partial charge in [-0.1, -0.05) is 12.1 Å². The number of rotatable bonds is 5. The van der Waals surface area contributed by atoms with Gasteiger partial charge in [0, 0.05) is 29.1 Å². The van der Waals surface area contributed by atoms with Crippen molar-refractivity contribution in [2.45, 2.75) is 39.2 Å². The van der Waals surface area contributed by atoms with Crippen LogP contribution in [0, 0.1) is 13.8 Å². The van der Waals surface area contributed by atoms with Gasteiger partial charge in [0.25, 0.3) is 0 Å². The Bertz CT molecular complexity index is 1050. The summed E-state index contributed by atoms with van der Waals surface area (Å²) in [6.07, 6.45) is 3.98. The molecular formula is C24H27NO4. The molecule has 1 aliphatic heterocycles. The highest BCUT2D eigenvalue weighted by atomic mass is 16.5. The van der Waals surface area contributed by atoms with E-state index in [2.05, 4.69) is 26.0 Å².